The lowest BCUT2D eigenvalue weighted by atomic mass is 9.61. The SMILES string of the molecule is CC(C)c1cccc(OC2CC(N)C23CCCC3)c1. The molecule has 2 atom stereocenters. The van der Waals surface area contributed by atoms with Crippen LogP contribution in [0.4, 0.5) is 0 Å². The van der Waals surface area contributed by atoms with Crippen molar-refractivity contribution < 1.29 is 4.74 Å². The summed E-state index contributed by atoms with van der Waals surface area (Å²) in [6.07, 6.45) is 6.50. The molecule has 2 unspecified atom stereocenters. The summed E-state index contributed by atoms with van der Waals surface area (Å²) >= 11 is 0. The molecule has 2 aliphatic carbocycles. The molecule has 3 rings (SSSR count). The molecule has 0 aliphatic heterocycles. The van der Waals surface area contributed by atoms with Crippen LogP contribution in [0.1, 0.15) is 57.4 Å². The fraction of sp³-hybridized carbons (Fsp3) is 0.647. The third-order valence-electron chi connectivity index (χ3n) is 5.19. The number of ether oxygens (including phenoxy) is 1. The van der Waals surface area contributed by atoms with E-state index in [4.69, 9.17) is 10.5 Å². The van der Waals surface area contributed by atoms with Gasteiger partial charge in [-0.2, -0.15) is 0 Å². The van der Waals surface area contributed by atoms with E-state index in [2.05, 4.69) is 38.1 Å². The molecule has 2 N–H and O–H groups in total. The molecule has 1 aromatic carbocycles. The van der Waals surface area contributed by atoms with Crippen molar-refractivity contribution in [2.75, 3.05) is 0 Å². The van der Waals surface area contributed by atoms with Gasteiger partial charge in [-0.15, -0.1) is 0 Å². The van der Waals surface area contributed by atoms with Crippen molar-refractivity contribution in [3.05, 3.63) is 29.8 Å². The maximum absolute atomic E-state index is 6.27. The van der Waals surface area contributed by atoms with E-state index in [1.807, 2.05) is 0 Å². The van der Waals surface area contributed by atoms with Crippen LogP contribution in [0, 0.1) is 5.41 Å². The molecule has 0 amide bonds. The van der Waals surface area contributed by atoms with E-state index >= 15 is 0 Å². The predicted molar refractivity (Wildman–Crippen MR) is 78.4 cm³/mol. The minimum absolute atomic E-state index is 0.286. The van der Waals surface area contributed by atoms with E-state index in [9.17, 15) is 0 Å². The average Bonchev–Trinajstić information content (AvgIpc) is 2.91. The van der Waals surface area contributed by atoms with Crippen molar-refractivity contribution in [1.82, 2.24) is 0 Å². The summed E-state index contributed by atoms with van der Waals surface area (Å²) in [5.74, 6) is 1.57. The molecule has 0 heterocycles. The second-order valence-corrected chi connectivity index (χ2v) is 6.62. The maximum atomic E-state index is 6.27. The molecule has 0 bridgehead atoms. The number of hydrogen-bond acceptors (Lipinski definition) is 2. The Morgan fingerprint density at radius 1 is 1.26 bits per heavy atom. The van der Waals surface area contributed by atoms with Gasteiger partial charge in [0.25, 0.3) is 0 Å². The van der Waals surface area contributed by atoms with Crippen molar-refractivity contribution in [2.45, 2.75) is 64.0 Å². The lowest BCUT2D eigenvalue weighted by molar-refractivity contribution is -0.0620. The molecular formula is C17H25NO. The number of benzene rings is 1. The first kappa shape index (κ1) is 13.0. The normalized spacial score (nSPS) is 28.6. The molecule has 0 aromatic heterocycles. The molecule has 2 aliphatic rings. The highest BCUT2D eigenvalue weighted by atomic mass is 16.5. The van der Waals surface area contributed by atoms with Gasteiger partial charge in [0.2, 0.25) is 0 Å². The quantitative estimate of drug-likeness (QED) is 0.895. The zero-order chi connectivity index (χ0) is 13.5. The van der Waals surface area contributed by atoms with Gasteiger partial charge in [0.1, 0.15) is 11.9 Å². The van der Waals surface area contributed by atoms with Gasteiger partial charge in [0, 0.05) is 17.9 Å². The minimum Gasteiger partial charge on any atom is -0.490 e. The fourth-order valence-electron chi connectivity index (χ4n) is 3.78. The number of hydrogen-bond donors (Lipinski definition) is 1. The first-order valence-electron chi connectivity index (χ1n) is 7.64. The Labute approximate surface area is 116 Å². The highest BCUT2D eigenvalue weighted by molar-refractivity contribution is 5.31. The van der Waals surface area contributed by atoms with Crippen LogP contribution in [0.2, 0.25) is 0 Å². The summed E-state index contributed by atoms with van der Waals surface area (Å²) in [6.45, 7) is 4.44. The number of nitrogens with two attached hydrogens (primary N) is 1. The van der Waals surface area contributed by atoms with Gasteiger partial charge >= 0.3 is 0 Å². The van der Waals surface area contributed by atoms with Crippen LogP contribution in [-0.4, -0.2) is 12.1 Å². The topological polar surface area (TPSA) is 35.2 Å². The molecule has 1 aromatic rings. The molecule has 0 saturated heterocycles. The molecule has 19 heavy (non-hydrogen) atoms. The van der Waals surface area contributed by atoms with Crippen molar-refractivity contribution in [2.24, 2.45) is 11.1 Å². The second kappa shape index (κ2) is 4.82. The van der Waals surface area contributed by atoms with Crippen LogP contribution in [-0.2, 0) is 0 Å². The van der Waals surface area contributed by atoms with Crippen molar-refractivity contribution in [3.8, 4) is 5.75 Å². The van der Waals surface area contributed by atoms with E-state index < -0.39 is 0 Å². The largest absolute Gasteiger partial charge is 0.490 e. The van der Waals surface area contributed by atoms with Crippen molar-refractivity contribution in [1.29, 1.82) is 0 Å². The van der Waals surface area contributed by atoms with E-state index in [0.29, 0.717) is 18.1 Å². The van der Waals surface area contributed by atoms with E-state index in [1.165, 1.54) is 31.2 Å². The smallest absolute Gasteiger partial charge is 0.120 e. The van der Waals surface area contributed by atoms with Crippen LogP contribution in [0.3, 0.4) is 0 Å². The Bertz CT molecular complexity index is 448. The lowest BCUT2D eigenvalue weighted by Crippen LogP contribution is -2.62. The summed E-state index contributed by atoms with van der Waals surface area (Å²) in [5.41, 5.74) is 7.90. The second-order valence-electron chi connectivity index (χ2n) is 6.62. The maximum Gasteiger partial charge on any atom is 0.120 e. The van der Waals surface area contributed by atoms with Gasteiger partial charge < -0.3 is 10.5 Å². The average molecular weight is 259 g/mol. The Hall–Kier alpha value is -1.02. The van der Waals surface area contributed by atoms with Crippen LogP contribution >= 0.6 is 0 Å². The summed E-state index contributed by atoms with van der Waals surface area (Å²) in [5, 5.41) is 0. The first-order chi connectivity index (χ1) is 9.12. The fourth-order valence-corrected chi connectivity index (χ4v) is 3.78. The van der Waals surface area contributed by atoms with Gasteiger partial charge in [-0.3, -0.25) is 0 Å². The molecular weight excluding hydrogens is 234 g/mol. The van der Waals surface area contributed by atoms with Gasteiger partial charge in [0.15, 0.2) is 0 Å². The molecule has 2 heteroatoms. The Morgan fingerprint density at radius 2 is 2.00 bits per heavy atom. The Balaban J connectivity index is 1.73. The van der Waals surface area contributed by atoms with E-state index in [-0.39, 0.29) is 5.41 Å². The summed E-state index contributed by atoms with van der Waals surface area (Å²) in [6, 6.07) is 8.91. The van der Waals surface area contributed by atoms with Gasteiger partial charge in [-0.05, 0) is 36.5 Å². The van der Waals surface area contributed by atoms with Crippen molar-refractivity contribution in [3.63, 3.8) is 0 Å². The number of rotatable bonds is 3. The van der Waals surface area contributed by atoms with Crippen molar-refractivity contribution >= 4 is 0 Å². The molecule has 0 radical (unpaired) electrons. The highest BCUT2D eigenvalue weighted by Gasteiger charge is 2.56. The molecule has 2 saturated carbocycles. The van der Waals surface area contributed by atoms with Gasteiger partial charge in [-0.25, -0.2) is 0 Å². The molecule has 104 valence electrons. The van der Waals surface area contributed by atoms with Crippen LogP contribution in [0.25, 0.3) is 0 Å². The minimum atomic E-state index is 0.286. The predicted octanol–water partition coefficient (Wildman–Crippen LogP) is 3.85. The van der Waals surface area contributed by atoms with E-state index in [1.54, 1.807) is 0 Å². The Morgan fingerprint density at radius 3 is 2.63 bits per heavy atom. The monoisotopic (exact) mass is 259 g/mol. The van der Waals surface area contributed by atoms with Crippen LogP contribution < -0.4 is 10.5 Å². The van der Waals surface area contributed by atoms with Gasteiger partial charge in [-0.1, -0.05) is 38.8 Å². The summed E-state index contributed by atoms with van der Waals surface area (Å²) in [7, 11) is 0. The lowest BCUT2D eigenvalue weighted by Gasteiger charge is -2.52. The van der Waals surface area contributed by atoms with Crippen LogP contribution in [0.15, 0.2) is 24.3 Å². The Kier molecular flexibility index (Phi) is 3.30. The zero-order valence-corrected chi connectivity index (χ0v) is 12.1. The molecule has 2 fully saturated rings. The third-order valence-corrected chi connectivity index (χ3v) is 5.19. The molecule has 2 nitrogen and oxygen atoms in total. The summed E-state index contributed by atoms with van der Waals surface area (Å²) < 4.78 is 6.27. The van der Waals surface area contributed by atoms with E-state index in [0.717, 1.165) is 12.2 Å². The highest BCUT2D eigenvalue weighted by Crippen LogP contribution is 2.53. The third kappa shape index (κ3) is 2.16. The standard InChI is InChI=1S/C17H25NO/c1-12(2)13-6-5-7-14(10-13)19-16-11-15(18)17(16)8-3-4-9-17/h5-7,10,12,15-16H,3-4,8-9,11,18H2,1-2H3. The van der Waals surface area contributed by atoms with Gasteiger partial charge in [0.05, 0.1) is 0 Å². The zero-order valence-electron chi connectivity index (χ0n) is 12.1. The van der Waals surface area contributed by atoms with Crippen LogP contribution in [0.5, 0.6) is 5.75 Å². The summed E-state index contributed by atoms with van der Waals surface area (Å²) in [4.78, 5) is 0. The molecule has 1 spiro atoms. The first-order valence-corrected chi connectivity index (χ1v) is 7.64.